The highest BCUT2D eigenvalue weighted by atomic mass is 32.2. The van der Waals surface area contributed by atoms with E-state index in [4.69, 9.17) is 10.9 Å². The van der Waals surface area contributed by atoms with Crippen molar-refractivity contribution in [2.45, 2.75) is 11.3 Å². The zero-order valence-electron chi connectivity index (χ0n) is 10.7. The molecule has 0 aliphatic rings. The van der Waals surface area contributed by atoms with Gasteiger partial charge in [0.15, 0.2) is 0 Å². The largest absolute Gasteiger partial charge is 0.382 e. The first-order valence-electron chi connectivity index (χ1n) is 5.88. The van der Waals surface area contributed by atoms with E-state index < -0.39 is 10.0 Å². The molecule has 0 aliphatic carbocycles. The van der Waals surface area contributed by atoms with Crippen LogP contribution in [0, 0.1) is 0 Å². The molecule has 5 N–H and O–H groups in total. The van der Waals surface area contributed by atoms with Crippen molar-refractivity contribution in [2.75, 3.05) is 17.6 Å². The van der Waals surface area contributed by atoms with Crippen LogP contribution in [0.3, 0.4) is 0 Å². The molecule has 0 saturated carbocycles. The number of primary sulfonamides is 1. The van der Waals surface area contributed by atoms with Crippen molar-refractivity contribution in [3.63, 3.8) is 0 Å². The molecule has 0 saturated heterocycles. The highest BCUT2D eigenvalue weighted by Crippen LogP contribution is 2.09. The molecule has 1 aromatic carbocycles. The van der Waals surface area contributed by atoms with E-state index in [1.807, 2.05) is 0 Å². The predicted molar refractivity (Wildman–Crippen MR) is 76.5 cm³/mol. The summed E-state index contributed by atoms with van der Waals surface area (Å²) < 4.78 is 22.2. The average molecular weight is 293 g/mol. The minimum atomic E-state index is -3.63. The highest BCUT2D eigenvalue weighted by molar-refractivity contribution is 7.89. The van der Waals surface area contributed by atoms with E-state index in [2.05, 4.69) is 15.3 Å². The molecule has 0 spiro atoms. The Labute approximate surface area is 117 Å². The van der Waals surface area contributed by atoms with Crippen molar-refractivity contribution in [3.8, 4) is 0 Å². The number of anilines is 2. The SMILES string of the molecule is Nc1cnc(NCCc2ccc(S(N)(=O)=O)cc2)cn1. The first-order chi connectivity index (χ1) is 9.45. The lowest BCUT2D eigenvalue weighted by molar-refractivity contribution is 0.598. The fraction of sp³-hybridized carbons (Fsp3) is 0.167. The van der Waals surface area contributed by atoms with Gasteiger partial charge < -0.3 is 11.1 Å². The van der Waals surface area contributed by atoms with Crippen LogP contribution >= 0.6 is 0 Å². The molecule has 0 amide bonds. The molecule has 0 unspecified atom stereocenters. The zero-order chi connectivity index (χ0) is 14.6. The number of rotatable bonds is 5. The molecule has 1 heterocycles. The summed E-state index contributed by atoms with van der Waals surface area (Å²) in [7, 11) is -3.63. The molecule has 2 rings (SSSR count). The average Bonchev–Trinajstić information content (AvgIpc) is 2.41. The number of aromatic nitrogens is 2. The van der Waals surface area contributed by atoms with Gasteiger partial charge in [-0.05, 0) is 24.1 Å². The molecule has 106 valence electrons. The Hall–Kier alpha value is -2.19. The third-order valence-corrected chi connectivity index (χ3v) is 3.57. The molecule has 0 fully saturated rings. The fourth-order valence-electron chi connectivity index (χ4n) is 1.61. The van der Waals surface area contributed by atoms with Crippen LogP contribution in [0.5, 0.6) is 0 Å². The van der Waals surface area contributed by atoms with E-state index in [1.165, 1.54) is 18.3 Å². The number of nitrogens with zero attached hydrogens (tertiary/aromatic N) is 2. The topological polar surface area (TPSA) is 124 Å². The second kappa shape index (κ2) is 5.85. The van der Waals surface area contributed by atoms with Gasteiger partial charge in [0.2, 0.25) is 10.0 Å². The van der Waals surface area contributed by atoms with Crippen LogP contribution in [0.1, 0.15) is 5.56 Å². The summed E-state index contributed by atoms with van der Waals surface area (Å²) in [4.78, 5) is 8.09. The van der Waals surface area contributed by atoms with Crippen LogP contribution in [-0.4, -0.2) is 24.9 Å². The Morgan fingerprint density at radius 1 is 1.10 bits per heavy atom. The predicted octanol–water partition coefficient (Wildman–Crippen LogP) is 0.361. The minimum Gasteiger partial charge on any atom is -0.382 e. The van der Waals surface area contributed by atoms with E-state index in [0.717, 1.165) is 12.0 Å². The van der Waals surface area contributed by atoms with Crippen molar-refractivity contribution < 1.29 is 8.42 Å². The van der Waals surface area contributed by atoms with Crippen molar-refractivity contribution in [3.05, 3.63) is 42.2 Å². The standard InChI is InChI=1S/C12H15N5O2S/c13-11-7-17-12(8-16-11)15-6-5-9-1-3-10(4-2-9)20(14,18)19/h1-4,7-8H,5-6H2,(H2,13,16)(H,15,17)(H2,14,18,19). The van der Waals surface area contributed by atoms with Gasteiger partial charge in [0.25, 0.3) is 0 Å². The monoisotopic (exact) mass is 293 g/mol. The summed E-state index contributed by atoms with van der Waals surface area (Å²) in [5, 5.41) is 8.12. The third-order valence-electron chi connectivity index (χ3n) is 2.64. The summed E-state index contributed by atoms with van der Waals surface area (Å²) in [5.41, 5.74) is 6.43. The van der Waals surface area contributed by atoms with Gasteiger partial charge in [0, 0.05) is 6.54 Å². The van der Waals surface area contributed by atoms with Crippen LogP contribution in [0.4, 0.5) is 11.6 Å². The minimum absolute atomic E-state index is 0.110. The van der Waals surface area contributed by atoms with Crippen molar-refractivity contribution in [2.24, 2.45) is 5.14 Å². The number of hydrogen-bond donors (Lipinski definition) is 3. The summed E-state index contributed by atoms with van der Waals surface area (Å²) in [6.45, 7) is 0.646. The number of nitrogen functional groups attached to an aromatic ring is 1. The Kier molecular flexibility index (Phi) is 4.16. The molecule has 0 bridgehead atoms. The Morgan fingerprint density at radius 3 is 2.35 bits per heavy atom. The smallest absolute Gasteiger partial charge is 0.238 e. The van der Waals surface area contributed by atoms with Crippen molar-refractivity contribution in [1.29, 1.82) is 0 Å². The van der Waals surface area contributed by atoms with Gasteiger partial charge in [-0.1, -0.05) is 12.1 Å². The summed E-state index contributed by atoms with van der Waals surface area (Å²) in [5.74, 6) is 1.01. The van der Waals surface area contributed by atoms with Gasteiger partial charge >= 0.3 is 0 Å². The number of sulfonamides is 1. The molecule has 2 aromatic rings. The molecule has 7 nitrogen and oxygen atoms in total. The van der Waals surface area contributed by atoms with Gasteiger partial charge in [-0.2, -0.15) is 0 Å². The van der Waals surface area contributed by atoms with Crippen molar-refractivity contribution in [1.82, 2.24) is 9.97 Å². The van der Waals surface area contributed by atoms with Crippen LogP contribution in [0.2, 0.25) is 0 Å². The molecular formula is C12H15N5O2S. The van der Waals surface area contributed by atoms with E-state index in [0.29, 0.717) is 18.2 Å². The van der Waals surface area contributed by atoms with Crippen LogP contribution in [0.25, 0.3) is 0 Å². The van der Waals surface area contributed by atoms with E-state index >= 15 is 0 Å². The lowest BCUT2D eigenvalue weighted by atomic mass is 10.1. The van der Waals surface area contributed by atoms with E-state index in [9.17, 15) is 8.42 Å². The van der Waals surface area contributed by atoms with Crippen LogP contribution in [-0.2, 0) is 16.4 Å². The molecule has 0 aliphatic heterocycles. The molecule has 1 aromatic heterocycles. The third kappa shape index (κ3) is 3.90. The lowest BCUT2D eigenvalue weighted by Gasteiger charge is -2.06. The zero-order valence-corrected chi connectivity index (χ0v) is 11.5. The van der Waals surface area contributed by atoms with Gasteiger partial charge in [0.05, 0.1) is 17.3 Å². The maximum absolute atomic E-state index is 11.1. The van der Waals surface area contributed by atoms with Crippen LogP contribution in [0.15, 0.2) is 41.6 Å². The second-order valence-electron chi connectivity index (χ2n) is 4.19. The number of nitrogens with one attached hydrogen (secondary N) is 1. The first-order valence-corrected chi connectivity index (χ1v) is 7.43. The normalized spacial score (nSPS) is 11.2. The molecule has 0 atom stereocenters. The summed E-state index contributed by atoms with van der Waals surface area (Å²) in [6, 6.07) is 6.45. The van der Waals surface area contributed by atoms with Gasteiger partial charge in [-0.25, -0.2) is 23.5 Å². The van der Waals surface area contributed by atoms with E-state index in [-0.39, 0.29) is 4.90 Å². The van der Waals surface area contributed by atoms with E-state index in [1.54, 1.807) is 18.3 Å². The molecular weight excluding hydrogens is 278 g/mol. The maximum Gasteiger partial charge on any atom is 0.238 e. The van der Waals surface area contributed by atoms with Gasteiger partial charge in [0.1, 0.15) is 11.6 Å². The molecule has 0 radical (unpaired) electrons. The Bertz CT molecular complexity index is 668. The fourth-order valence-corrected chi connectivity index (χ4v) is 2.13. The van der Waals surface area contributed by atoms with Crippen LogP contribution < -0.4 is 16.2 Å². The quantitative estimate of drug-likeness (QED) is 0.731. The Morgan fingerprint density at radius 2 is 1.80 bits per heavy atom. The van der Waals surface area contributed by atoms with Gasteiger partial charge in [-0.3, -0.25) is 0 Å². The summed E-state index contributed by atoms with van der Waals surface area (Å²) in [6.07, 6.45) is 3.75. The molecule has 20 heavy (non-hydrogen) atoms. The maximum atomic E-state index is 11.1. The lowest BCUT2D eigenvalue weighted by Crippen LogP contribution is -2.12. The van der Waals surface area contributed by atoms with Crippen molar-refractivity contribution >= 4 is 21.7 Å². The first kappa shape index (κ1) is 14.2. The number of nitrogens with two attached hydrogens (primary N) is 2. The number of hydrogen-bond acceptors (Lipinski definition) is 6. The summed E-state index contributed by atoms with van der Waals surface area (Å²) >= 11 is 0. The molecule has 8 heteroatoms. The Balaban J connectivity index is 1.90. The number of benzene rings is 1. The van der Waals surface area contributed by atoms with Gasteiger partial charge in [-0.15, -0.1) is 0 Å². The second-order valence-corrected chi connectivity index (χ2v) is 5.75. The highest BCUT2D eigenvalue weighted by Gasteiger charge is 2.06.